The van der Waals surface area contributed by atoms with Gasteiger partial charge in [0.05, 0.1) is 11.9 Å². The number of carboxylic acid groups (broad SMARTS) is 1. The quantitative estimate of drug-likeness (QED) is 0.845. The first-order valence-corrected chi connectivity index (χ1v) is 4.84. The molecular formula is C12H10N2O2. The van der Waals surface area contributed by atoms with E-state index in [0.29, 0.717) is 12.1 Å². The van der Waals surface area contributed by atoms with E-state index in [4.69, 9.17) is 5.11 Å². The molecule has 2 aromatic rings. The van der Waals surface area contributed by atoms with Crippen molar-refractivity contribution in [2.45, 2.75) is 6.42 Å². The van der Waals surface area contributed by atoms with Crippen LogP contribution in [-0.2, 0) is 6.42 Å². The van der Waals surface area contributed by atoms with Gasteiger partial charge < -0.3 is 5.11 Å². The molecule has 0 atom stereocenters. The van der Waals surface area contributed by atoms with Gasteiger partial charge in [-0.15, -0.1) is 0 Å². The van der Waals surface area contributed by atoms with Gasteiger partial charge in [0.15, 0.2) is 5.69 Å². The van der Waals surface area contributed by atoms with E-state index in [0.717, 1.165) is 5.56 Å². The number of hydrogen-bond donors (Lipinski definition) is 1. The first-order chi connectivity index (χ1) is 7.75. The van der Waals surface area contributed by atoms with Crippen LogP contribution in [-0.4, -0.2) is 21.0 Å². The molecule has 0 saturated carbocycles. The van der Waals surface area contributed by atoms with E-state index in [2.05, 4.69) is 9.97 Å². The molecule has 0 aliphatic rings. The van der Waals surface area contributed by atoms with Crippen LogP contribution in [0.4, 0.5) is 0 Å². The molecule has 0 unspecified atom stereocenters. The Morgan fingerprint density at radius 2 is 1.94 bits per heavy atom. The van der Waals surface area contributed by atoms with E-state index >= 15 is 0 Å². The number of nitrogens with zero attached hydrogens (tertiary/aromatic N) is 2. The van der Waals surface area contributed by atoms with E-state index in [1.165, 1.54) is 6.20 Å². The summed E-state index contributed by atoms with van der Waals surface area (Å²) in [5.41, 5.74) is 1.72. The number of carbonyl (C=O) groups is 1. The van der Waals surface area contributed by atoms with Crippen LogP contribution in [0.15, 0.2) is 42.7 Å². The van der Waals surface area contributed by atoms with E-state index in [1.807, 2.05) is 30.3 Å². The molecule has 1 N–H and O–H groups in total. The Hall–Kier alpha value is -2.23. The second-order valence-electron chi connectivity index (χ2n) is 3.36. The molecule has 4 nitrogen and oxygen atoms in total. The number of rotatable bonds is 3. The lowest BCUT2D eigenvalue weighted by molar-refractivity contribution is 0.0689. The standard InChI is InChI=1S/C12H10N2O2/c15-12(16)11-8-13-7-10(14-11)6-9-4-2-1-3-5-9/h1-5,7-8H,6H2,(H,15,16). The Kier molecular flexibility index (Phi) is 2.91. The maximum atomic E-state index is 10.7. The molecule has 0 fully saturated rings. The van der Waals surface area contributed by atoms with Gasteiger partial charge in [-0.1, -0.05) is 30.3 Å². The fourth-order valence-corrected chi connectivity index (χ4v) is 1.40. The summed E-state index contributed by atoms with van der Waals surface area (Å²) < 4.78 is 0. The number of carboxylic acids is 1. The van der Waals surface area contributed by atoms with Gasteiger partial charge in [0.2, 0.25) is 0 Å². The molecule has 1 heterocycles. The minimum Gasteiger partial charge on any atom is -0.476 e. The van der Waals surface area contributed by atoms with Crippen molar-refractivity contribution in [3.05, 3.63) is 59.7 Å². The van der Waals surface area contributed by atoms with Gasteiger partial charge in [-0.3, -0.25) is 4.98 Å². The highest BCUT2D eigenvalue weighted by atomic mass is 16.4. The first kappa shape index (κ1) is 10.3. The lowest BCUT2D eigenvalue weighted by Crippen LogP contribution is -2.04. The monoisotopic (exact) mass is 214 g/mol. The molecule has 1 aromatic carbocycles. The van der Waals surface area contributed by atoms with Crippen molar-refractivity contribution >= 4 is 5.97 Å². The number of benzene rings is 1. The van der Waals surface area contributed by atoms with Crippen LogP contribution in [0.1, 0.15) is 21.7 Å². The molecule has 2 rings (SSSR count). The first-order valence-electron chi connectivity index (χ1n) is 4.84. The summed E-state index contributed by atoms with van der Waals surface area (Å²) in [5.74, 6) is -1.05. The van der Waals surface area contributed by atoms with Crippen molar-refractivity contribution in [1.29, 1.82) is 0 Å². The molecule has 0 radical (unpaired) electrons. The van der Waals surface area contributed by atoms with Gasteiger partial charge in [0, 0.05) is 12.6 Å². The summed E-state index contributed by atoms with van der Waals surface area (Å²) >= 11 is 0. The smallest absolute Gasteiger partial charge is 0.356 e. The number of hydrogen-bond acceptors (Lipinski definition) is 3. The van der Waals surface area contributed by atoms with Crippen LogP contribution in [0.2, 0.25) is 0 Å². The van der Waals surface area contributed by atoms with Crippen molar-refractivity contribution in [1.82, 2.24) is 9.97 Å². The van der Waals surface area contributed by atoms with E-state index in [1.54, 1.807) is 6.20 Å². The molecule has 16 heavy (non-hydrogen) atoms. The third-order valence-corrected chi connectivity index (χ3v) is 2.13. The molecule has 1 aromatic heterocycles. The van der Waals surface area contributed by atoms with Crippen molar-refractivity contribution in [3.8, 4) is 0 Å². The van der Waals surface area contributed by atoms with E-state index in [9.17, 15) is 4.79 Å². The topological polar surface area (TPSA) is 63.1 Å². The largest absolute Gasteiger partial charge is 0.476 e. The van der Waals surface area contributed by atoms with Crippen molar-refractivity contribution in [2.75, 3.05) is 0 Å². The Bertz CT molecular complexity index is 497. The van der Waals surface area contributed by atoms with Gasteiger partial charge in [-0.25, -0.2) is 9.78 Å². The number of aromatic carboxylic acids is 1. The average Bonchev–Trinajstić information content (AvgIpc) is 2.30. The zero-order valence-corrected chi connectivity index (χ0v) is 8.50. The maximum absolute atomic E-state index is 10.7. The van der Waals surface area contributed by atoms with Crippen LogP contribution in [0.5, 0.6) is 0 Å². The summed E-state index contributed by atoms with van der Waals surface area (Å²) in [6.07, 6.45) is 3.42. The lowest BCUT2D eigenvalue weighted by Gasteiger charge is -2.01. The van der Waals surface area contributed by atoms with Crippen molar-refractivity contribution in [3.63, 3.8) is 0 Å². The minimum absolute atomic E-state index is 0.0200. The van der Waals surface area contributed by atoms with Crippen LogP contribution in [0, 0.1) is 0 Å². The van der Waals surface area contributed by atoms with Gasteiger partial charge >= 0.3 is 5.97 Å². The zero-order valence-electron chi connectivity index (χ0n) is 8.50. The summed E-state index contributed by atoms with van der Waals surface area (Å²) in [6.45, 7) is 0. The predicted octanol–water partition coefficient (Wildman–Crippen LogP) is 1.77. The number of aromatic nitrogens is 2. The lowest BCUT2D eigenvalue weighted by atomic mass is 10.1. The molecule has 4 heteroatoms. The fraction of sp³-hybridized carbons (Fsp3) is 0.0833. The molecule has 0 aliphatic heterocycles. The zero-order chi connectivity index (χ0) is 11.4. The third-order valence-electron chi connectivity index (χ3n) is 2.13. The van der Waals surface area contributed by atoms with Gasteiger partial charge in [-0.2, -0.15) is 0 Å². The molecule has 0 saturated heterocycles. The molecule has 80 valence electrons. The average molecular weight is 214 g/mol. The Balaban J connectivity index is 2.22. The molecule has 0 aliphatic carbocycles. The van der Waals surface area contributed by atoms with E-state index in [-0.39, 0.29) is 5.69 Å². The Labute approximate surface area is 92.6 Å². The Morgan fingerprint density at radius 1 is 1.19 bits per heavy atom. The van der Waals surface area contributed by atoms with E-state index < -0.39 is 5.97 Å². The highest BCUT2D eigenvalue weighted by molar-refractivity contribution is 5.84. The SMILES string of the molecule is O=C(O)c1cncc(Cc2ccccc2)n1. The normalized spacial score (nSPS) is 10.0. The second-order valence-corrected chi connectivity index (χ2v) is 3.36. The summed E-state index contributed by atoms with van der Waals surface area (Å²) in [5, 5.41) is 8.77. The van der Waals surface area contributed by atoms with Gasteiger partial charge in [-0.05, 0) is 5.56 Å². The van der Waals surface area contributed by atoms with Crippen LogP contribution in [0.3, 0.4) is 0 Å². The molecule has 0 bridgehead atoms. The van der Waals surface area contributed by atoms with Crippen LogP contribution in [0.25, 0.3) is 0 Å². The maximum Gasteiger partial charge on any atom is 0.356 e. The second kappa shape index (κ2) is 4.53. The Morgan fingerprint density at radius 3 is 2.62 bits per heavy atom. The fourth-order valence-electron chi connectivity index (χ4n) is 1.40. The van der Waals surface area contributed by atoms with Gasteiger partial charge in [0.1, 0.15) is 0 Å². The van der Waals surface area contributed by atoms with Crippen molar-refractivity contribution in [2.24, 2.45) is 0 Å². The highest BCUT2D eigenvalue weighted by Crippen LogP contribution is 2.06. The summed E-state index contributed by atoms with van der Waals surface area (Å²) in [4.78, 5) is 18.6. The van der Waals surface area contributed by atoms with Crippen LogP contribution < -0.4 is 0 Å². The molecule has 0 amide bonds. The molecule has 0 spiro atoms. The van der Waals surface area contributed by atoms with Gasteiger partial charge in [0.25, 0.3) is 0 Å². The highest BCUT2D eigenvalue weighted by Gasteiger charge is 2.06. The third kappa shape index (κ3) is 2.42. The molecular weight excluding hydrogens is 204 g/mol. The van der Waals surface area contributed by atoms with Crippen LogP contribution >= 0.6 is 0 Å². The minimum atomic E-state index is -1.05. The van der Waals surface area contributed by atoms with Crippen molar-refractivity contribution < 1.29 is 9.90 Å². The summed E-state index contributed by atoms with van der Waals surface area (Å²) in [7, 11) is 0. The predicted molar refractivity (Wildman–Crippen MR) is 58.2 cm³/mol. The summed E-state index contributed by atoms with van der Waals surface area (Å²) in [6, 6.07) is 9.74.